The number of hydrogen-bond donors (Lipinski definition) is 1. The zero-order valence-corrected chi connectivity index (χ0v) is 11.8. The first kappa shape index (κ1) is 12.9. The first-order valence-electron chi connectivity index (χ1n) is 7.52. The van der Waals surface area contributed by atoms with Crippen molar-refractivity contribution in [3.05, 3.63) is 29.8 Å². The summed E-state index contributed by atoms with van der Waals surface area (Å²) < 4.78 is 6.03. The molecule has 2 aliphatic rings. The van der Waals surface area contributed by atoms with E-state index in [1.54, 1.807) is 0 Å². The van der Waals surface area contributed by atoms with Crippen LogP contribution in [0.1, 0.15) is 18.9 Å². The molecular weight excluding hydrogens is 236 g/mol. The molecule has 3 nitrogen and oxygen atoms in total. The lowest BCUT2D eigenvalue weighted by Crippen LogP contribution is -2.34. The largest absolute Gasteiger partial charge is 0.488 e. The van der Waals surface area contributed by atoms with Gasteiger partial charge < -0.3 is 10.1 Å². The van der Waals surface area contributed by atoms with Crippen LogP contribution in [0.5, 0.6) is 5.75 Å². The lowest BCUT2D eigenvalue weighted by atomic mass is 10.1. The molecule has 1 N–H and O–H groups in total. The van der Waals surface area contributed by atoms with E-state index < -0.39 is 0 Å². The van der Waals surface area contributed by atoms with Crippen molar-refractivity contribution in [1.29, 1.82) is 0 Å². The van der Waals surface area contributed by atoms with Crippen molar-refractivity contribution in [2.75, 3.05) is 32.7 Å². The Labute approximate surface area is 115 Å². The molecule has 0 radical (unpaired) electrons. The third kappa shape index (κ3) is 3.10. The molecule has 0 aromatic heterocycles. The van der Waals surface area contributed by atoms with Crippen LogP contribution in [0.4, 0.5) is 0 Å². The second kappa shape index (κ2) is 5.93. The topological polar surface area (TPSA) is 24.5 Å². The van der Waals surface area contributed by atoms with Gasteiger partial charge in [0.2, 0.25) is 0 Å². The molecule has 3 heteroatoms. The third-order valence-corrected chi connectivity index (χ3v) is 4.23. The molecule has 0 spiro atoms. The van der Waals surface area contributed by atoms with Gasteiger partial charge in [0, 0.05) is 19.5 Å². The van der Waals surface area contributed by atoms with Crippen LogP contribution in [-0.4, -0.2) is 43.7 Å². The molecule has 1 saturated heterocycles. The number of nitrogens with one attached hydrogen (secondary N) is 1. The highest BCUT2D eigenvalue weighted by atomic mass is 16.5. The van der Waals surface area contributed by atoms with Crippen molar-refractivity contribution < 1.29 is 4.74 Å². The van der Waals surface area contributed by atoms with Gasteiger partial charge in [-0.2, -0.15) is 0 Å². The summed E-state index contributed by atoms with van der Waals surface area (Å²) >= 11 is 0. The van der Waals surface area contributed by atoms with E-state index >= 15 is 0 Å². The Morgan fingerprint density at radius 2 is 2.26 bits per heavy atom. The number of likely N-dealkylation sites (tertiary alicyclic amines) is 1. The summed E-state index contributed by atoms with van der Waals surface area (Å²) in [7, 11) is 0. The van der Waals surface area contributed by atoms with E-state index in [2.05, 4.69) is 41.4 Å². The normalized spacial score (nSPS) is 26.4. The Morgan fingerprint density at radius 3 is 3.11 bits per heavy atom. The lowest BCUT2D eigenvalue weighted by molar-refractivity contribution is 0.165. The molecule has 0 saturated carbocycles. The van der Waals surface area contributed by atoms with Crippen molar-refractivity contribution in [2.24, 2.45) is 5.92 Å². The molecule has 19 heavy (non-hydrogen) atoms. The summed E-state index contributed by atoms with van der Waals surface area (Å²) in [4.78, 5) is 2.57. The highest BCUT2D eigenvalue weighted by Crippen LogP contribution is 2.29. The highest BCUT2D eigenvalue weighted by Gasteiger charge is 2.28. The van der Waals surface area contributed by atoms with Gasteiger partial charge in [-0.25, -0.2) is 0 Å². The summed E-state index contributed by atoms with van der Waals surface area (Å²) in [6.45, 7) is 7.96. The van der Waals surface area contributed by atoms with Gasteiger partial charge in [0.25, 0.3) is 0 Å². The number of ether oxygens (including phenoxy) is 1. The van der Waals surface area contributed by atoms with E-state index in [0.29, 0.717) is 6.10 Å². The highest BCUT2D eigenvalue weighted by molar-refractivity contribution is 5.37. The molecule has 2 atom stereocenters. The molecule has 3 rings (SSSR count). The van der Waals surface area contributed by atoms with E-state index in [0.717, 1.165) is 31.2 Å². The molecule has 0 bridgehead atoms. The first-order chi connectivity index (χ1) is 9.35. The number of rotatable bonds is 5. The van der Waals surface area contributed by atoms with E-state index in [1.807, 2.05) is 0 Å². The van der Waals surface area contributed by atoms with E-state index in [4.69, 9.17) is 4.74 Å². The smallest absolute Gasteiger partial charge is 0.123 e. The van der Waals surface area contributed by atoms with Crippen LogP contribution in [0.3, 0.4) is 0 Å². The van der Waals surface area contributed by atoms with Gasteiger partial charge in [-0.3, -0.25) is 4.90 Å². The van der Waals surface area contributed by atoms with Gasteiger partial charge >= 0.3 is 0 Å². The molecule has 2 heterocycles. The minimum absolute atomic E-state index is 0.357. The Bertz CT molecular complexity index is 396. The second-order valence-corrected chi connectivity index (χ2v) is 5.77. The van der Waals surface area contributed by atoms with Gasteiger partial charge in [0.1, 0.15) is 11.9 Å². The van der Waals surface area contributed by atoms with Crippen molar-refractivity contribution >= 4 is 0 Å². The zero-order valence-electron chi connectivity index (χ0n) is 11.8. The predicted molar refractivity (Wildman–Crippen MR) is 77.7 cm³/mol. The van der Waals surface area contributed by atoms with Crippen LogP contribution >= 0.6 is 0 Å². The number of fused-ring (bicyclic) bond motifs is 1. The Hall–Kier alpha value is -1.06. The molecule has 2 unspecified atom stereocenters. The first-order valence-corrected chi connectivity index (χ1v) is 7.52. The second-order valence-electron chi connectivity index (χ2n) is 5.77. The van der Waals surface area contributed by atoms with Crippen molar-refractivity contribution in [2.45, 2.75) is 25.9 Å². The van der Waals surface area contributed by atoms with Crippen molar-refractivity contribution in [1.82, 2.24) is 10.2 Å². The molecule has 1 aromatic rings. The van der Waals surface area contributed by atoms with Crippen molar-refractivity contribution in [3.63, 3.8) is 0 Å². The summed E-state index contributed by atoms with van der Waals surface area (Å²) in [6, 6.07) is 8.44. The zero-order chi connectivity index (χ0) is 13.1. The van der Waals surface area contributed by atoms with Crippen LogP contribution in [0.15, 0.2) is 24.3 Å². The van der Waals surface area contributed by atoms with E-state index in [1.165, 1.54) is 31.6 Å². The molecular formula is C16H24N2O. The molecule has 0 amide bonds. The predicted octanol–water partition coefficient (Wildman–Crippen LogP) is 1.92. The maximum atomic E-state index is 6.03. The van der Waals surface area contributed by atoms with Crippen molar-refractivity contribution in [3.8, 4) is 5.75 Å². The van der Waals surface area contributed by atoms with Gasteiger partial charge in [-0.1, -0.05) is 25.1 Å². The average molecular weight is 260 g/mol. The Kier molecular flexibility index (Phi) is 4.04. The quantitative estimate of drug-likeness (QED) is 0.875. The molecule has 2 aliphatic heterocycles. The Morgan fingerprint density at radius 1 is 1.37 bits per heavy atom. The SMILES string of the molecule is CCNCC1CCN(CC2Cc3ccccc3O2)C1. The van der Waals surface area contributed by atoms with Crippen LogP contribution in [0.25, 0.3) is 0 Å². The molecule has 1 aromatic carbocycles. The minimum atomic E-state index is 0.357. The van der Waals surface area contributed by atoms with Crippen LogP contribution in [0.2, 0.25) is 0 Å². The van der Waals surface area contributed by atoms with E-state index in [-0.39, 0.29) is 0 Å². The molecule has 1 fully saturated rings. The van der Waals surface area contributed by atoms with Gasteiger partial charge in [0.05, 0.1) is 0 Å². The maximum Gasteiger partial charge on any atom is 0.123 e. The fourth-order valence-corrected chi connectivity index (χ4v) is 3.24. The minimum Gasteiger partial charge on any atom is -0.488 e. The average Bonchev–Trinajstić information content (AvgIpc) is 3.02. The maximum absolute atomic E-state index is 6.03. The lowest BCUT2D eigenvalue weighted by Gasteiger charge is -2.20. The van der Waals surface area contributed by atoms with Gasteiger partial charge in [0.15, 0.2) is 0 Å². The number of benzene rings is 1. The van der Waals surface area contributed by atoms with Crippen LogP contribution < -0.4 is 10.1 Å². The van der Waals surface area contributed by atoms with Gasteiger partial charge in [-0.15, -0.1) is 0 Å². The molecule has 0 aliphatic carbocycles. The van der Waals surface area contributed by atoms with Gasteiger partial charge in [-0.05, 0) is 43.6 Å². The summed E-state index contributed by atoms with van der Waals surface area (Å²) in [5.41, 5.74) is 1.37. The van der Waals surface area contributed by atoms with Crippen LogP contribution in [0, 0.1) is 5.92 Å². The van der Waals surface area contributed by atoms with Crippen LogP contribution in [-0.2, 0) is 6.42 Å². The summed E-state index contributed by atoms with van der Waals surface area (Å²) in [5.74, 6) is 1.92. The fourth-order valence-electron chi connectivity index (χ4n) is 3.24. The standard InChI is InChI=1S/C16H24N2O/c1-2-17-10-13-7-8-18(11-13)12-15-9-14-5-3-4-6-16(14)19-15/h3-6,13,15,17H,2,7-12H2,1H3. The summed E-state index contributed by atoms with van der Waals surface area (Å²) in [5, 5.41) is 3.46. The number of nitrogens with zero attached hydrogens (tertiary/aromatic N) is 1. The monoisotopic (exact) mass is 260 g/mol. The molecule has 104 valence electrons. The van der Waals surface area contributed by atoms with E-state index in [9.17, 15) is 0 Å². The fraction of sp³-hybridized carbons (Fsp3) is 0.625. The summed E-state index contributed by atoms with van der Waals surface area (Å²) in [6.07, 6.45) is 2.76. The number of hydrogen-bond acceptors (Lipinski definition) is 3. The Balaban J connectivity index is 1.47. The number of para-hydroxylation sites is 1. The third-order valence-electron chi connectivity index (χ3n) is 4.23.